The fourth-order valence-electron chi connectivity index (χ4n) is 1.36. The minimum absolute atomic E-state index is 0.0740. The predicted octanol–water partition coefficient (Wildman–Crippen LogP) is 2.41. The average Bonchev–Trinajstić information content (AvgIpc) is 2.15. The number of hydrogen-bond acceptors (Lipinski definition) is 3. The van der Waals surface area contributed by atoms with E-state index in [4.69, 9.17) is 10.5 Å². The lowest BCUT2D eigenvalue weighted by molar-refractivity contribution is -0.131. The topological polar surface area (TPSA) is 52.3 Å². The lowest BCUT2D eigenvalue weighted by Gasteiger charge is -2.24. The van der Waals surface area contributed by atoms with Gasteiger partial charge >= 0.3 is 0 Å². The van der Waals surface area contributed by atoms with Crippen LogP contribution in [0.3, 0.4) is 0 Å². The Labute approximate surface area is 90.2 Å². The molecule has 1 rings (SSSR count). The van der Waals surface area contributed by atoms with Gasteiger partial charge < -0.3 is 10.5 Å². The molecule has 2 N–H and O–H groups in total. The van der Waals surface area contributed by atoms with Crippen molar-refractivity contribution >= 4 is 11.5 Å². The third-order valence-electron chi connectivity index (χ3n) is 2.22. The van der Waals surface area contributed by atoms with Gasteiger partial charge in [-0.25, -0.2) is 0 Å². The predicted molar refractivity (Wildman–Crippen MR) is 60.9 cm³/mol. The van der Waals surface area contributed by atoms with Gasteiger partial charge in [-0.2, -0.15) is 0 Å². The number of rotatable bonds is 4. The third-order valence-corrected chi connectivity index (χ3v) is 2.22. The molecule has 0 amide bonds. The number of Topliss-reactive ketones (excluding diaryl/α,β-unsaturated/α-hetero) is 1. The van der Waals surface area contributed by atoms with Crippen molar-refractivity contribution in [1.29, 1.82) is 0 Å². The van der Waals surface area contributed by atoms with Crippen LogP contribution in [-0.4, -0.2) is 11.4 Å². The van der Waals surface area contributed by atoms with Crippen LogP contribution in [0.15, 0.2) is 24.3 Å². The molecule has 0 aliphatic carbocycles. The molecule has 0 saturated carbocycles. The van der Waals surface area contributed by atoms with Crippen molar-refractivity contribution in [2.75, 3.05) is 5.73 Å². The molecule has 0 aliphatic rings. The van der Waals surface area contributed by atoms with Crippen molar-refractivity contribution in [3.63, 3.8) is 0 Å². The molecule has 0 atom stereocenters. The number of nitrogens with two attached hydrogens (primary N) is 1. The Morgan fingerprint density at radius 1 is 1.47 bits per heavy atom. The molecular weight excluding hydrogens is 190 g/mol. The molecule has 0 spiro atoms. The summed E-state index contributed by atoms with van der Waals surface area (Å²) in [7, 11) is 0. The number of hydrogen-bond donors (Lipinski definition) is 1. The lowest BCUT2D eigenvalue weighted by atomic mass is 10.0. The molecule has 1 aromatic rings. The maximum absolute atomic E-state index is 11.6. The molecule has 0 aliphatic heterocycles. The van der Waals surface area contributed by atoms with Crippen LogP contribution in [0.25, 0.3) is 0 Å². The highest BCUT2D eigenvalue weighted by atomic mass is 16.5. The summed E-state index contributed by atoms with van der Waals surface area (Å²) in [5, 5.41) is 0. The van der Waals surface area contributed by atoms with E-state index in [-0.39, 0.29) is 5.78 Å². The standard InChI is InChI=1S/C12H17NO2/c1-4-11(14)12(2,3)15-10-7-5-6-9(13)8-10/h5-8H,4,13H2,1-3H3. The van der Waals surface area contributed by atoms with Gasteiger partial charge in [-0.05, 0) is 26.0 Å². The summed E-state index contributed by atoms with van der Waals surface area (Å²) in [4.78, 5) is 11.6. The summed E-state index contributed by atoms with van der Waals surface area (Å²) < 4.78 is 5.61. The third kappa shape index (κ3) is 2.98. The minimum Gasteiger partial charge on any atom is -0.480 e. The Bertz CT molecular complexity index is 358. The summed E-state index contributed by atoms with van der Waals surface area (Å²) >= 11 is 0. The number of benzene rings is 1. The highest BCUT2D eigenvalue weighted by Gasteiger charge is 2.27. The summed E-state index contributed by atoms with van der Waals surface area (Å²) in [6, 6.07) is 7.09. The van der Waals surface area contributed by atoms with Crippen molar-refractivity contribution in [2.24, 2.45) is 0 Å². The fourth-order valence-corrected chi connectivity index (χ4v) is 1.36. The summed E-state index contributed by atoms with van der Waals surface area (Å²) in [5.74, 6) is 0.701. The van der Waals surface area contributed by atoms with Crippen molar-refractivity contribution < 1.29 is 9.53 Å². The Kier molecular flexibility index (Phi) is 3.35. The van der Waals surface area contributed by atoms with Crippen LogP contribution in [0.5, 0.6) is 5.75 Å². The Morgan fingerprint density at radius 3 is 2.67 bits per heavy atom. The second-order valence-electron chi connectivity index (χ2n) is 3.96. The highest BCUT2D eigenvalue weighted by Crippen LogP contribution is 2.21. The largest absolute Gasteiger partial charge is 0.480 e. The molecule has 3 heteroatoms. The first-order valence-electron chi connectivity index (χ1n) is 5.03. The maximum Gasteiger partial charge on any atom is 0.175 e. The SMILES string of the molecule is CCC(=O)C(C)(C)Oc1cccc(N)c1. The highest BCUT2D eigenvalue weighted by molar-refractivity contribution is 5.86. The minimum atomic E-state index is -0.789. The molecule has 3 nitrogen and oxygen atoms in total. The van der Waals surface area contributed by atoms with E-state index in [1.807, 2.05) is 6.92 Å². The monoisotopic (exact) mass is 207 g/mol. The Balaban J connectivity index is 2.81. The zero-order valence-corrected chi connectivity index (χ0v) is 9.41. The summed E-state index contributed by atoms with van der Waals surface area (Å²) in [6.07, 6.45) is 0.468. The van der Waals surface area contributed by atoms with Gasteiger partial charge in [0, 0.05) is 18.2 Å². The first-order valence-corrected chi connectivity index (χ1v) is 5.03. The first kappa shape index (κ1) is 11.6. The van der Waals surface area contributed by atoms with Gasteiger partial charge in [0.2, 0.25) is 0 Å². The van der Waals surface area contributed by atoms with E-state index >= 15 is 0 Å². The lowest BCUT2D eigenvalue weighted by Crippen LogP contribution is -2.37. The molecule has 0 radical (unpaired) electrons. The number of nitrogen functional groups attached to an aromatic ring is 1. The normalized spacial score (nSPS) is 11.1. The van der Waals surface area contributed by atoms with Crippen molar-refractivity contribution in [3.05, 3.63) is 24.3 Å². The quantitative estimate of drug-likeness (QED) is 0.771. The van der Waals surface area contributed by atoms with Gasteiger partial charge in [0.05, 0.1) is 0 Å². The molecule has 0 fully saturated rings. The van der Waals surface area contributed by atoms with Crippen molar-refractivity contribution in [2.45, 2.75) is 32.8 Å². The zero-order valence-electron chi connectivity index (χ0n) is 9.41. The Morgan fingerprint density at radius 2 is 2.13 bits per heavy atom. The van der Waals surface area contributed by atoms with E-state index in [1.54, 1.807) is 38.1 Å². The summed E-state index contributed by atoms with van der Waals surface area (Å²) in [5.41, 5.74) is 5.46. The number of ketones is 1. The van der Waals surface area contributed by atoms with E-state index in [9.17, 15) is 4.79 Å². The van der Waals surface area contributed by atoms with Crippen LogP contribution >= 0.6 is 0 Å². The second kappa shape index (κ2) is 4.34. The van der Waals surface area contributed by atoms with E-state index in [2.05, 4.69) is 0 Å². The fraction of sp³-hybridized carbons (Fsp3) is 0.417. The summed E-state index contributed by atoms with van der Waals surface area (Å²) in [6.45, 7) is 5.36. The van der Waals surface area contributed by atoms with Crippen LogP contribution in [-0.2, 0) is 4.79 Å². The zero-order chi connectivity index (χ0) is 11.5. The first-order chi connectivity index (χ1) is 6.95. The van der Waals surface area contributed by atoms with Gasteiger partial charge in [0.25, 0.3) is 0 Å². The molecule has 82 valence electrons. The van der Waals surface area contributed by atoms with Crippen LogP contribution < -0.4 is 10.5 Å². The van der Waals surface area contributed by atoms with Gasteiger partial charge in [0.1, 0.15) is 5.75 Å². The molecule has 1 aromatic carbocycles. The van der Waals surface area contributed by atoms with Gasteiger partial charge in [-0.1, -0.05) is 13.0 Å². The van der Waals surface area contributed by atoms with Crippen LogP contribution in [0.1, 0.15) is 27.2 Å². The van der Waals surface area contributed by atoms with E-state index in [0.29, 0.717) is 17.9 Å². The van der Waals surface area contributed by atoms with E-state index < -0.39 is 5.60 Å². The van der Waals surface area contributed by atoms with E-state index in [0.717, 1.165) is 0 Å². The molecule has 0 saturated heterocycles. The van der Waals surface area contributed by atoms with Crippen LogP contribution in [0.4, 0.5) is 5.69 Å². The second-order valence-corrected chi connectivity index (χ2v) is 3.96. The molecular formula is C12H17NO2. The Hall–Kier alpha value is -1.51. The number of ether oxygens (including phenoxy) is 1. The smallest absolute Gasteiger partial charge is 0.175 e. The van der Waals surface area contributed by atoms with Crippen LogP contribution in [0, 0.1) is 0 Å². The molecule has 0 bridgehead atoms. The maximum atomic E-state index is 11.6. The van der Waals surface area contributed by atoms with Gasteiger partial charge in [-0.15, -0.1) is 0 Å². The van der Waals surface area contributed by atoms with Crippen LogP contribution in [0.2, 0.25) is 0 Å². The molecule has 15 heavy (non-hydrogen) atoms. The average molecular weight is 207 g/mol. The number of anilines is 1. The van der Waals surface area contributed by atoms with E-state index in [1.165, 1.54) is 0 Å². The molecule has 0 aromatic heterocycles. The van der Waals surface area contributed by atoms with Gasteiger partial charge in [0.15, 0.2) is 11.4 Å². The molecule has 0 heterocycles. The van der Waals surface area contributed by atoms with Crippen molar-refractivity contribution in [3.8, 4) is 5.75 Å². The molecule has 0 unspecified atom stereocenters. The van der Waals surface area contributed by atoms with Gasteiger partial charge in [-0.3, -0.25) is 4.79 Å². The number of carbonyl (C=O) groups excluding carboxylic acids is 1. The van der Waals surface area contributed by atoms with Crippen molar-refractivity contribution in [1.82, 2.24) is 0 Å². The number of carbonyl (C=O) groups is 1.